The Bertz CT molecular complexity index is 1030. The molecule has 0 fully saturated rings. The first-order chi connectivity index (χ1) is 12.5. The van der Waals surface area contributed by atoms with E-state index >= 15 is 0 Å². The predicted octanol–water partition coefficient (Wildman–Crippen LogP) is 3.62. The molecule has 0 aliphatic heterocycles. The Balaban J connectivity index is 2.08. The number of aromatic hydroxyl groups is 1. The fourth-order valence-electron chi connectivity index (χ4n) is 3.02. The van der Waals surface area contributed by atoms with Crippen molar-refractivity contribution in [3.05, 3.63) is 69.5 Å². The highest BCUT2D eigenvalue weighted by atomic mass is 16.3. The van der Waals surface area contributed by atoms with Gasteiger partial charge in [0.05, 0.1) is 5.52 Å². The molecule has 0 saturated carbocycles. The zero-order valence-corrected chi connectivity index (χ0v) is 15.2. The lowest BCUT2D eigenvalue weighted by atomic mass is 10.0. The summed E-state index contributed by atoms with van der Waals surface area (Å²) in [6.07, 6.45) is 1.70. The third kappa shape index (κ3) is 3.08. The van der Waals surface area contributed by atoms with Gasteiger partial charge in [-0.25, -0.2) is 0 Å². The van der Waals surface area contributed by atoms with E-state index in [1.54, 1.807) is 25.2 Å². The average Bonchev–Trinajstić information content (AvgIpc) is 2.66. The second-order valence-corrected chi connectivity index (χ2v) is 6.30. The van der Waals surface area contributed by atoms with E-state index in [2.05, 4.69) is 12.2 Å². The molecule has 1 aromatic heterocycles. The Kier molecular flexibility index (Phi) is 4.80. The Morgan fingerprint density at radius 2 is 1.65 bits per heavy atom. The number of rotatable bonds is 4. The van der Waals surface area contributed by atoms with Crippen LogP contribution in [-0.2, 0) is 19.9 Å². The van der Waals surface area contributed by atoms with Crippen molar-refractivity contribution >= 4 is 22.5 Å². The van der Waals surface area contributed by atoms with Crippen molar-refractivity contribution in [1.29, 1.82) is 0 Å². The van der Waals surface area contributed by atoms with E-state index in [9.17, 15) is 14.7 Å². The number of nitrogens with zero attached hydrogens (tertiary/aromatic N) is 1. The van der Waals surface area contributed by atoms with Crippen LogP contribution in [0, 0.1) is 0 Å². The number of aryl methyl sites for hydroxylation is 3. The highest BCUT2D eigenvalue weighted by molar-refractivity contribution is 6.09. The number of hydrogen-bond donors (Lipinski definition) is 2. The minimum atomic E-state index is -0.615. The maximum absolute atomic E-state index is 12.7. The number of pyridine rings is 1. The van der Waals surface area contributed by atoms with E-state index in [1.165, 1.54) is 4.57 Å². The van der Waals surface area contributed by atoms with Crippen LogP contribution in [0.25, 0.3) is 10.9 Å². The topological polar surface area (TPSA) is 71.3 Å². The van der Waals surface area contributed by atoms with Crippen LogP contribution in [0.5, 0.6) is 5.75 Å². The van der Waals surface area contributed by atoms with Crippen molar-refractivity contribution in [1.82, 2.24) is 4.57 Å². The molecule has 5 nitrogen and oxygen atoms in total. The first-order valence-electron chi connectivity index (χ1n) is 8.71. The van der Waals surface area contributed by atoms with Crippen molar-refractivity contribution < 1.29 is 9.90 Å². The molecule has 0 saturated heterocycles. The molecule has 1 heterocycles. The molecule has 2 aromatic carbocycles. The Hall–Kier alpha value is -3.08. The maximum Gasteiger partial charge on any atom is 0.267 e. The van der Waals surface area contributed by atoms with Gasteiger partial charge in [-0.1, -0.05) is 32.0 Å². The van der Waals surface area contributed by atoms with Crippen LogP contribution in [0.2, 0.25) is 0 Å². The van der Waals surface area contributed by atoms with Crippen LogP contribution in [-0.4, -0.2) is 15.6 Å². The molecule has 1 amide bonds. The number of amides is 1. The molecule has 0 radical (unpaired) electrons. The lowest BCUT2D eigenvalue weighted by Crippen LogP contribution is -2.28. The van der Waals surface area contributed by atoms with Crippen LogP contribution in [0.1, 0.15) is 35.3 Å². The van der Waals surface area contributed by atoms with Crippen LogP contribution >= 0.6 is 0 Å². The van der Waals surface area contributed by atoms with Gasteiger partial charge < -0.3 is 15.0 Å². The van der Waals surface area contributed by atoms with Crippen molar-refractivity contribution in [2.75, 3.05) is 5.32 Å². The molecule has 0 atom stereocenters. The van der Waals surface area contributed by atoms with Crippen molar-refractivity contribution in [3.8, 4) is 5.75 Å². The fraction of sp³-hybridized carbons (Fsp3) is 0.238. The Morgan fingerprint density at radius 1 is 1.04 bits per heavy atom. The van der Waals surface area contributed by atoms with Crippen LogP contribution in [0.3, 0.4) is 0 Å². The lowest BCUT2D eigenvalue weighted by molar-refractivity contribution is 0.102. The summed E-state index contributed by atoms with van der Waals surface area (Å²) in [6, 6.07) is 12.9. The Morgan fingerprint density at radius 3 is 2.27 bits per heavy atom. The number of aromatic nitrogens is 1. The largest absolute Gasteiger partial charge is 0.506 e. The van der Waals surface area contributed by atoms with Gasteiger partial charge >= 0.3 is 0 Å². The summed E-state index contributed by atoms with van der Waals surface area (Å²) in [7, 11) is 1.60. The summed E-state index contributed by atoms with van der Waals surface area (Å²) in [4.78, 5) is 25.3. The van der Waals surface area contributed by atoms with E-state index in [4.69, 9.17) is 0 Å². The fourth-order valence-corrected chi connectivity index (χ4v) is 3.02. The van der Waals surface area contributed by atoms with Crippen molar-refractivity contribution in [2.45, 2.75) is 26.7 Å². The molecule has 0 aliphatic rings. The van der Waals surface area contributed by atoms with Gasteiger partial charge in [-0.2, -0.15) is 0 Å². The number of fused-ring (bicyclic) bond motifs is 1. The normalized spacial score (nSPS) is 10.9. The highest BCUT2D eigenvalue weighted by Gasteiger charge is 2.21. The third-order valence-electron chi connectivity index (χ3n) is 4.69. The van der Waals surface area contributed by atoms with Crippen molar-refractivity contribution in [2.24, 2.45) is 7.05 Å². The molecular weight excluding hydrogens is 328 g/mol. The SMILES string of the molecule is CCc1ccc(NC(=O)c2c(O)c3cc(CC)ccc3n(C)c2=O)cc1. The summed E-state index contributed by atoms with van der Waals surface area (Å²) in [5.74, 6) is -0.891. The number of anilines is 1. The lowest BCUT2D eigenvalue weighted by Gasteiger charge is -2.13. The molecule has 0 spiro atoms. The van der Waals surface area contributed by atoms with Gasteiger partial charge in [0.15, 0.2) is 0 Å². The molecule has 3 aromatic rings. The monoisotopic (exact) mass is 350 g/mol. The second-order valence-electron chi connectivity index (χ2n) is 6.30. The maximum atomic E-state index is 12.7. The van der Waals surface area contributed by atoms with Crippen LogP contribution < -0.4 is 10.9 Å². The zero-order chi connectivity index (χ0) is 18.8. The standard InChI is InChI=1S/C21H22N2O3/c1-4-13-6-9-15(10-7-13)22-20(25)18-19(24)16-12-14(5-2)8-11-17(16)23(3)21(18)26/h6-12,24H,4-5H2,1-3H3,(H,22,25). The predicted molar refractivity (Wildman–Crippen MR) is 104 cm³/mol. The highest BCUT2D eigenvalue weighted by Crippen LogP contribution is 2.28. The van der Waals surface area contributed by atoms with Crippen molar-refractivity contribution in [3.63, 3.8) is 0 Å². The van der Waals surface area contributed by atoms with Gasteiger partial charge in [0, 0.05) is 18.1 Å². The summed E-state index contributed by atoms with van der Waals surface area (Å²) in [5.41, 5.74) is 2.58. The van der Waals surface area contributed by atoms with E-state index in [1.807, 2.05) is 31.2 Å². The molecule has 26 heavy (non-hydrogen) atoms. The second kappa shape index (κ2) is 7.04. The summed E-state index contributed by atoms with van der Waals surface area (Å²) < 4.78 is 1.39. The molecule has 2 N–H and O–H groups in total. The van der Waals surface area contributed by atoms with Gasteiger partial charge in [-0.15, -0.1) is 0 Å². The number of carbonyl (C=O) groups is 1. The molecule has 134 valence electrons. The summed E-state index contributed by atoms with van der Waals surface area (Å²) in [6.45, 7) is 4.06. The number of carbonyl (C=O) groups excluding carboxylic acids is 1. The average molecular weight is 350 g/mol. The van der Waals surface area contributed by atoms with Gasteiger partial charge in [-0.05, 0) is 48.2 Å². The van der Waals surface area contributed by atoms with Gasteiger partial charge in [0.1, 0.15) is 11.3 Å². The summed E-state index contributed by atoms with van der Waals surface area (Å²) >= 11 is 0. The Labute approximate surface area is 151 Å². The van der Waals surface area contributed by atoms with Gasteiger partial charge in [-0.3, -0.25) is 9.59 Å². The first kappa shape index (κ1) is 17.7. The number of benzene rings is 2. The minimum absolute atomic E-state index is 0.243. The van der Waals surface area contributed by atoms with E-state index in [0.29, 0.717) is 16.6 Å². The molecular formula is C21H22N2O3. The molecule has 3 rings (SSSR count). The number of hydrogen-bond acceptors (Lipinski definition) is 3. The van der Waals surface area contributed by atoms with Gasteiger partial charge in [0.2, 0.25) is 0 Å². The van der Waals surface area contributed by atoms with Crippen LogP contribution in [0.15, 0.2) is 47.3 Å². The van der Waals surface area contributed by atoms with Gasteiger partial charge in [0.25, 0.3) is 11.5 Å². The van der Waals surface area contributed by atoms with E-state index in [-0.39, 0.29) is 11.3 Å². The molecule has 0 unspecified atom stereocenters. The third-order valence-corrected chi connectivity index (χ3v) is 4.69. The van der Waals surface area contributed by atoms with Crippen LogP contribution in [0.4, 0.5) is 5.69 Å². The minimum Gasteiger partial charge on any atom is -0.506 e. The first-order valence-corrected chi connectivity index (χ1v) is 8.71. The molecule has 5 heteroatoms. The number of nitrogens with one attached hydrogen (secondary N) is 1. The van der Waals surface area contributed by atoms with E-state index in [0.717, 1.165) is 24.0 Å². The zero-order valence-electron chi connectivity index (χ0n) is 15.2. The molecule has 0 bridgehead atoms. The smallest absolute Gasteiger partial charge is 0.267 e. The quantitative estimate of drug-likeness (QED) is 0.755. The van der Waals surface area contributed by atoms with E-state index < -0.39 is 11.5 Å². The molecule has 0 aliphatic carbocycles. The summed E-state index contributed by atoms with van der Waals surface area (Å²) in [5, 5.41) is 13.8.